The fraction of sp³-hybridized carbons (Fsp3) is 0.545. The molecule has 2 N–H and O–H groups in total. The molecule has 2 rings (SSSR count). The number of aromatic nitrogens is 1. The molecule has 17 heavy (non-hydrogen) atoms. The van der Waals surface area contributed by atoms with Crippen molar-refractivity contribution >= 4 is 29.4 Å². The molecule has 1 atom stereocenters. The summed E-state index contributed by atoms with van der Waals surface area (Å²) in [5, 5.41) is 8.83. The summed E-state index contributed by atoms with van der Waals surface area (Å²) < 4.78 is 0. The van der Waals surface area contributed by atoms with Crippen molar-refractivity contribution < 1.29 is 9.90 Å². The number of nitrogens with zero attached hydrogens (tertiary/aromatic N) is 1. The first-order valence-electron chi connectivity index (χ1n) is 5.56. The van der Waals surface area contributed by atoms with Crippen LogP contribution in [0.15, 0.2) is 18.3 Å². The molecule has 6 heteroatoms. The standard InChI is InChI=1S/C11H16N2O2S2/c14-5-7-16-6-4-13-10(15)8-17-11(13)9-2-1-3-12-9/h1-3,11-12,14H,4-8H2. The maximum absolute atomic E-state index is 11.8. The minimum Gasteiger partial charge on any atom is -0.396 e. The molecular formula is C11H16N2O2S2. The third kappa shape index (κ3) is 3.20. The number of carbonyl (C=O) groups excluding carboxylic acids is 1. The first kappa shape index (κ1) is 12.9. The molecule has 94 valence electrons. The lowest BCUT2D eigenvalue weighted by molar-refractivity contribution is -0.127. The van der Waals surface area contributed by atoms with Crippen LogP contribution in [0.1, 0.15) is 11.1 Å². The maximum Gasteiger partial charge on any atom is 0.233 e. The molecule has 0 saturated carbocycles. The van der Waals surface area contributed by atoms with Gasteiger partial charge in [0.05, 0.1) is 12.4 Å². The van der Waals surface area contributed by atoms with Crippen molar-refractivity contribution in [2.45, 2.75) is 5.37 Å². The Hall–Kier alpha value is -0.590. The third-order valence-electron chi connectivity index (χ3n) is 2.57. The van der Waals surface area contributed by atoms with Crippen molar-refractivity contribution in [2.75, 3.05) is 30.4 Å². The second kappa shape index (κ2) is 6.37. The van der Waals surface area contributed by atoms with Crippen LogP contribution in [0.4, 0.5) is 0 Å². The van der Waals surface area contributed by atoms with Gasteiger partial charge in [0, 0.05) is 29.9 Å². The summed E-state index contributed by atoms with van der Waals surface area (Å²) in [5.41, 5.74) is 1.09. The van der Waals surface area contributed by atoms with Crippen molar-refractivity contribution in [3.8, 4) is 0 Å². The topological polar surface area (TPSA) is 56.3 Å². The predicted octanol–water partition coefficient (Wildman–Crippen LogP) is 1.31. The number of hydrogen-bond donors (Lipinski definition) is 2. The van der Waals surface area contributed by atoms with Gasteiger partial charge in [0.2, 0.25) is 5.91 Å². The van der Waals surface area contributed by atoms with E-state index in [9.17, 15) is 4.79 Å². The molecule has 1 saturated heterocycles. The van der Waals surface area contributed by atoms with E-state index in [-0.39, 0.29) is 17.9 Å². The van der Waals surface area contributed by atoms with E-state index < -0.39 is 0 Å². The van der Waals surface area contributed by atoms with Crippen LogP contribution in [0.25, 0.3) is 0 Å². The minimum absolute atomic E-state index is 0.132. The summed E-state index contributed by atoms with van der Waals surface area (Å²) in [6, 6.07) is 3.97. The van der Waals surface area contributed by atoms with Gasteiger partial charge in [-0.15, -0.1) is 11.8 Å². The second-order valence-electron chi connectivity index (χ2n) is 3.71. The molecular weight excluding hydrogens is 256 g/mol. The highest BCUT2D eigenvalue weighted by atomic mass is 32.2. The maximum atomic E-state index is 11.8. The lowest BCUT2D eigenvalue weighted by Crippen LogP contribution is -2.30. The van der Waals surface area contributed by atoms with Gasteiger partial charge in [-0.1, -0.05) is 0 Å². The summed E-state index contributed by atoms with van der Waals surface area (Å²) in [6.45, 7) is 0.952. The molecule has 1 amide bonds. The molecule has 1 aromatic heterocycles. The van der Waals surface area contributed by atoms with E-state index in [1.807, 2.05) is 23.2 Å². The van der Waals surface area contributed by atoms with Crippen LogP contribution < -0.4 is 0 Å². The number of hydrogen-bond acceptors (Lipinski definition) is 4. The molecule has 4 nitrogen and oxygen atoms in total. The van der Waals surface area contributed by atoms with Crippen LogP contribution in [0.2, 0.25) is 0 Å². The molecule has 0 aromatic carbocycles. The number of nitrogens with one attached hydrogen (secondary N) is 1. The summed E-state index contributed by atoms with van der Waals surface area (Å²) in [4.78, 5) is 16.9. The van der Waals surface area contributed by atoms with Gasteiger partial charge >= 0.3 is 0 Å². The average Bonchev–Trinajstić information content (AvgIpc) is 2.94. The lowest BCUT2D eigenvalue weighted by atomic mass is 10.3. The second-order valence-corrected chi connectivity index (χ2v) is 6.01. The Morgan fingerprint density at radius 2 is 2.47 bits per heavy atom. The minimum atomic E-state index is 0.132. The van der Waals surface area contributed by atoms with Crippen molar-refractivity contribution in [1.82, 2.24) is 9.88 Å². The van der Waals surface area contributed by atoms with Gasteiger partial charge in [-0.05, 0) is 12.1 Å². The Bertz CT molecular complexity index is 356. The largest absolute Gasteiger partial charge is 0.396 e. The fourth-order valence-electron chi connectivity index (χ4n) is 1.78. The molecule has 0 aliphatic carbocycles. The highest BCUT2D eigenvalue weighted by Gasteiger charge is 2.32. The molecule has 2 heterocycles. The summed E-state index contributed by atoms with van der Waals surface area (Å²) >= 11 is 3.34. The molecule has 1 aromatic rings. The number of rotatable bonds is 6. The van der Waals surface area contributed by atoms with Gasteiger partial charge in [-0.2, -0.15) is 11.8 Å². The quantitative estimate of drug-likeness (QED) is 0.767. The van der Waals surface area contributed by atoms with Crippen LogP contribution >= 0.6 is 23.5 Å². The molecule has 0 radical (unpaired) electrons. The van der Waals surface area contributed by atoms with Crippen molar-refractivity contribution in [3.05, 3.63) is 24.0 Å². The first-order valence-corrected chi connectivity index (χ1v) is 7.76. The SMILES string of the molecule is O=C1CSC(c2ccc[nH]2)N1CCSCCO. The van der Waals surface area contributed by atoms with Crippen LogP contribution in [-0.4, -0.2) is 51.3 Å². The van der Waals surface area contributed by atoms with E-state index in [0.717, 1.165) is 23.7 Å². The highest BCUT2D eigenvalue weighted by molar-refractivity contribution is 8.00. The van der Waals surface area contributed by atoms with Gasteiger partial charge in [-0.25, -0.2) is 0 Å². The zero-order valence-electron chi connectivity index (χ0n) is 9.46. The number of H-pyrrole nitrogens is 1. The van der Waals surface area contributed by atoms with Crippen LogP contribution in [0.5, 0.6) is 0 Å². The van der Waals surface area contributed by atoms with Crippen molar-refractivity contribution in [2.24, 2.45) is 0 Å². The Kier molecular flexibility index (Phi) is 4.82. The van der Waals surface area contributed by atoms with E-state index in [0.29, 0.717) is 5.75 Å². The van der Waals surface area contributed by atoms with Gasteiger partial charge in [0.15, 0.2) is 0 Å². The van der Waals surface area contributed by atoms with E-state index in [1.54, 1.807) is 23.5 Å². The van der Waals surface area contributed by atoms with Gasteiger partial charge in [0.1, 0.15) is 5.37 Å². The van der Waals surface area contributed by atoms with Gasteiger partial charge in [-0.3, -0.25) is 4.79 Å². The van der Waals surface area contributed by atoms with Crippen molar-refractivity contribution in [3.63, 3.8) is 0 Å². The Morgan fingerprint density at radius 3 is 3.18 bits per heavy atom. The summed E-state index contributed by atoms with van der Waals surface area (Å²) in [5.74, 6) is 2.39. The monoisotopic (exact) mass is 272 g/mol. The highest BCUT2D eigenvalue weighted by Crippen LogP contribution is 2.37. The zero-order valence-corrected chi connectivity index (χ0v) is 11.1. The average molecular weight is 272 g/mol. The Labute approximate surface area is 109 Å². The number of amides is 1. The van der Waals surface area contributed by atoms with Crippen LogP contribution in [0.3, 0.4) is 0 Å². The Morgan fingerprint density at radius 1 is 1.59 bits per heavy atom. The van der Waals surface area contributed by atoms with E-state index in [2.05, 4.69) is 4.98 Å². The zero-order chi connectivity index (χ0) is 12.1. The van der Waals surface area contributed by atoms with E-state index >= 15 is 0 Å². The molecule has 1 unspecified atom stereocenters. The lowest BCUT2D eigenvalue weighted by Gasteiger charge is -2.22. The first-order chi connectivity index (χ1) is 8.33. The number of thioether (sulfide) groups is 2. The normalized spacial score (nSPS) is 20.2. The number of aliphatic hydroxyl groups excluding tert-OH is 1. The Balaban J connectivity index is 1.90. The number of aliphatic hydroxyl groups is 1. The van der Waals surface area contributed by atoms with E-state index in [4.69, 9.17) is 5.11 Å². The molecule has 1 aliphatic heterocycles. The molecule has 0 spiro atoms. The van der Waals surface area contributed by atoms with E-state index in [1.165, 1.54) is 0 Å². The molecule has 1 fully saturated rings. The van der Waals surface area contributed by atoms with Gasteiger partial charge in [0.25, 0.3) is 0 Å². The molecule has 0 bridgehead atoms. The number of carbonyl (C=O) groups is 1. The predicted molar refractivity (Wildman–Crippen MR) is 72.1 cm³/mol. The van der Waals surface area contributed by atoms with Crippen molar-refractivity contribution in [1.29, 1.82) is 0 Å². The van der Waals surface area contributed by atoms with Gasteiger partial charge < -0.3 is 15.0 Å². The summed E-state index contributed by atoms with van der Waals surface area (Å²) in [7, 11) is 0. The third-order valence-corrected chi connectivity index (χ3v) is 4.75. The van der Waals surface area contributed by atoms with Crippen LogP contribution in [0, 0.1) is 0 Å². The smallest absolute Gasteiger partial charge is 0.233 e. The number of aromatic amines is 1. The van der Waals surface area contributed by atoms with Crippen LogP contribution in [-0.2, 0) is 4.79 Å². The molecule has 1 aliphatic rings. The summed E-state index contributed by atoms with van der Waals surface area (Å²) in [6.07, 6.45) is 1.89. The fourth-order valence-corrected chi connectivity index (χ4v) is 3.64.